The third kappa shape index (κ3) is 4.68. The van der Waals surface area contributed by atoms with Gasteiger partial charge < -0.3 is 14.7 Å². The third-order valence-corrected chi connectivity index (χ3v) is 2.39. The van der Waals surface area contributed by atoms with E-state index in [9.17, 15) is 14.7 Å². The molecule has 0 saturated heterocycles. The van der Waals surface area contributed by atoms with Gasteiger partial charge in [-0.1, -0.05) is 6.07 Å². The summed E-state index contributed by atoms with van der Waals surface area (Å²) in [6.07, 6.45) is 0.225. The Morgan fingerprint density at radius 1 is 1.47 bits per heavy atom. The topological polar surface area (TPSA) is 90.6 Å². The molecule has 1 amide bonds. The van der Waals surface area contributed by atoms with Crippen molar-refractivity contribution < 1.29 is 19.4 Å². The highest BCUT2D eigenvalue weighted by Crippen LogP contribution is 2.11. The second-order valence-corrected chi connectivity index (χ2v) is 3.85. The van der Waals surface area contributed by atoms with Crippen LogP contribution >= 0.6 is 0 Å². The number of phenols is 1. The van der Waals surface area contributed by atoms with Gasteiger partial charge in [0.2, 0.25) is 0 Å². The number of benzene rings is 1. The zero-order valence-electron chi connectivity index (χ0n) is 10.5. The average molecular weight is 262 g/mol. The summed E-state index contributed by atoms with van der Waals surface area (Å²) < 4.78 is 4.82. The van der Waals surface area contributed by atoms with Crippen LogP contribution in [0.15, 0.2) is 24.3 Å². The lowest BCUT2D eigenvalue weighted by atomic mass is 10.2. The highest BCUT2D eigenvalue weighted by Gasteiger charge is 2.13. The molecule has 1 N–H and O–H groups in total. The normalized spacial score (nSPS) is 9.47. The highest BCUT2D eigenvalue weighted by atomic mass is 16.5. The monoisotopic (exact) mass is 262 g/mol. The van der Waals surface area contributed by atoms with Crippen molar-refractivity contribution >= 4 is 11.9 Å². The van der Waals surface area contributed by atoms with Crippen molar-refractivity contribution in [1.82, 2.24) is 4.90 Å². The molecule has 100 valence electrons. The van der Waals surface area contributed by atoms with Gasteiger partial charge >= 0.3 is 5.97 Å². The van der Waals surface area contributed by atoms with Crippen molar-refractivity contribution in [3.8, 4) is 11.8 Å². The zero-order valence-corrected chi connectivity index (χ0v) is 10.5. The van der Waals surface area contributed by atoms with Crippen LogP contribution in [0.3, 0.4) is 0 Å². The summed E-state index contributed by atoms with van der Waals surface area (Å²) in [5.74, 6) is -1.12. The van der Waals surface area contributed by atoms with Crippen molar-refractivity contribution in [2.45, 2.75) is 6.42 Å². The molecule has 6 nitrogen and oxygen atoms in total. The summed E-state index contributed by atoms with van der Waals surface area (Å²) in [6.45, 7) is -0.102. The van der Waals surface area contributed by atoms with Crippen LogP contribution < -0.4 is 0 Å². The number of aromatic hydroxyl groups is 1. The summed E-state index contributed by atoms with van der Waals surface area (Å²) in [7, 11) is 1.53. The van der Waals surface area contributed by atoms with Crippen molar-refractivity contribution in [1.29, 1.82) is 5.26 Å². The van der Waals surface area contributed by atoms with Crippen LogP contribution in [0.1, 0.15) is 16.8 Å². The predicted molar refractivity (Wildman–Crippen MR) is 66.3 cm³/mol. The van der Waals surface area contributed by atoms with Gasteiger partial charge in [0.05, 0.1) is 18.1 Å². The molecule has 0 aromatic heterocycles. The number of nitrogens with zero attached hydrogens (tertiary/aromatic N) is 2. The van der Waals surface area contributed by atoms with Crippen LogP contribution in [0.4, 0.5) is 0 Å². The quantitative estimate of drug-likeness (QED) is 0.797. The molecule has 6 heteroatoms. The third-order valence-electron chi connectivity index (χ3n) is 2.39. The van der Waals surface area contributed by atoms with Crippen LogP contribution in [-0.2, 0) is 9.53 Å². The van der Waals surface area contributed by atoms with Crippen LogP contribution in [0.25, 0.3) is 0 Å². The number of esters is 1. The van der Waals surface area contributed by atoms with Gasteiger partial charge in [-0.25, -0.2) is 4.79 Å². The van der Waals surface area contributed by atoms with Crippen molar-refractivity contribution in [3.63, 3.8) is 0 Å². The first kappa shape index (κ1) is 14.5. The number of hydrogen-bond donors (Lipinski definition) is 1. The molecule has 1 aromatic carbocycles. The molecule has 0 spiro atoms. The van der Waals surface area contributed by atoms with Crippen LogP contribution in [0.5, 0.6) is 5.75 Å². The summed E-state index contributed by atoms with van der Waals surface area (Å²) in [5.41, 5.74) is 0.174. The largest absolute Gasteiger partial charge is 0.508 e. The number of amides is 1. The van der Waals surface area contributed by atoms with Gasteiger partial charge in [-0.3, -0.25) is 4.79 Å². The second-order valence-electron chi connectivity index (χ2n) is 3.85. The van der Waals surface area contributed by atoms with E-state index < -0.39 is 12.6 Å². The summed E-state index contributed by atoms with van der Waals surface area (Å²) in [6, 6.07) is 7.59. The zero-order chi connectivity index (χ0) is 14.3. The molecule has 0 atom stereocenters. The first-order valence-corrected chi connectivity index (χ1v) is 5.61. The molecule has 0 bridgehead atoms. The Morgan fingerprint density at radius 3 is 2.84 bits per heavy atom. The number of rotatable bonds is 5. The number of nitriles is 1. The van der Waals surface area contributed by atoms with E-state index in [1.807, 2.05) is 6.07 Å². The fourth-order valence-electron chi connectivity index (χ4n) is 1.30. The molecule has 0 unspecified atom stereocenters. The highest BCUT2D eigenvalue weighted by molar-refractivity contribution is 5.91. The first-order chi connectivity index (χ1) is 9.04. The lowest BCUT2D eigenvalue weighted by molar-refractivity contribution is -0.133. The molecule has 19 heavy (non-hydrogen) atoms. The van der Waals surface area contributed by atoms with Crippen molar-refractivity contribution in [2.24, 2.45) is 0 Å². The van der Waals surface area contributed by atoms with Crippen molar-refractivity contribution in [3.05, 3.63) is 29.8 Å². The maximum atomic E-state index is 11.6. The Hall–Kier alpha value is -2.55. The molecule has 1 aromatic rings. The van der Waals surface area contributed by atoms with E-state index in [1.54, 1.807) is 0 Å². The van der Waals surface area contributed by atoms with Gasteiger partial charge in [-0.2, -0.15) is 5.26 Å². The summed E-state index contributed by atoms with van der Waals surface area (Å²) in [4.78, 5) is 24.4. The number of likely N-dealkylation sites (N-methyl/N-ethyl adjacent to an activating group) is 1. The molecule has 0 radical (unpaired) electrons. The van der Waals surface area contributed by atoms with Gasteiger partial charge in [-0.05, 0) is 18.2 Å². The summed E-state index contributed by atoms with van der Waals surface area (Å²) >= 11 is 0. The van der Waals surface area contributed by atoms with Gasteiger partial charge in [0.1, 0.15) is 5.75 Å². The van der Waals surface area contributed by atoms with Gasteiger partial charge in [0.25, 0.3) is 5.91 Å². The van der Waals surface area contributed by atoms with E-state index in [0.717, 1.165) is 0 Å². The molecule has 0 saturated carbocycles. The van der Waals surface area contributed by atoms with E-state index >= 15 is 0 Å². The summed E-state index contributed by atoms with van der Waals surface area (Å²) in [5, 5.41) is 17.6. The molecule has 0 aliphatic heterocycles. The molecule has 1 rings (SSSR count). The smallest absolute Gasteiger partial charge is 0.338 e. The van der Waals surface area contributed by atoms with E-state index in [4.69, 9.17) is 10.00 Å². The minimum absolute atomic E-state index is 0.0492. The fourth-order valence-corrected chi connectivity index (χ4v) is 1.30. The maximum absolute atomic E-state index is 11.6. The number of carbonyl (C=O) groups is 2. The Labute approximate surface area is 110 Å². The SMILES string of the molecule is CN(CCC#N)C(=O)COC(=O)c1cccc(O)c1. The van der Waals surface area contributed by atoms with Crippen LogP contribution in [0.2, 0.25) is 0 Å². The lowest BCUT2D eigenvalue weighted by Gasteiger charge is -2.15. The maximum Gasteiger partial charge on any atom is 0.338 e. The van der Waals surface area contributed by atoms with Crippen LogP contribution in [0, 0.1) is 11.3 Å². The second kappa shape index (κ2) is 7.01. The number of phenolic OH excluding ortho intramolecular Hbond substituents is 1. The fraction of sp³-hybridized carbons (Fsp3) is 0.308. The van der Waals surface area contributed by atoms with Gasteiger partial charge in [0, 0.05) is 13.6 Å². The van der Waals surface area contributed by atoms with Gasteiger partial charge in [0.15, 0.2) is 6.61 Å². The van der Waals surface area contributed by atoms with Gasteiger partial charge in [-0.15, -0.1) is 0 Å². The minimum Gasteiger partial charge on any atom is -0.508 e. The molecular formula is C13H14N2O4. The predicted octanol–water partition coefficient (Wildman–Crippen LogP) is 0.921. The standard InChI is InChI=1S/C13H14N2O4/c1-15(7-3-6-14)12(17)9-19-13(18)10-4-2-5-11(16)8-10/h2,4-5,8,16H,3,7,9H2,1H3. The Kier molecular flexibility index (Phi) is 5.35. The van der Waals surface area contributed by atoms with E-state index in [0.29, 0.717) is 6.54 Å². The lowest BCUT2D eigenvalue weighted by Crippen LogP contribution is -2.31. The number of hydrogen-bond acceptors (Lipinski definition) is 5. The number of carbonyl (C=O) groups excluding carboxylic acids is 2. The van der Waals surface area contributed by atoms with Crippen LogP contribution in [-0.4, -0.2) is 42.1 Å². The number of ether oxygens (including phenoxy) is 1. The molecule has 0 aliphatic carbocycles. The molecular weight excluding hydrogens is 248 g/mol. The van der Waals surface area contributed by atoms with Crippen molar-refractivity contribution in [2.75, 3.05) is 20.2 Å². The minimum atomic E-state index is -0.682. The first-order valence-electron chi connectivity index (χ1n) is 5.61. The Balaban J connectivity index is 2.46. The Bertz CT molecular complexity index is 508. The van der Waals surface area contributed by atoms with E-state index in [2.05, 4.69) is 0 Å². The van der Waals surface area contributed by atoms with E-state index in [-0.39, 0.29) is 23.6 Å². The molecule has 0 heterocycles. The Morgan fingerprint density at radius 2 is 2.21 bits per heavy atom. The average Bonchev–Trinajstić information content (AvgIpc) is 2.41. The van der Waals surface area contributed by atoms with E-state index in [1.165, 1.54) is 36.2 Å². The molecule has 0 aliphatic rings. The molecule has 0 fully saturated rings.